The van der Waals surface area contributed by atoms with Gasteiger partial charge in [0.1, 0.15) is 5.60 Å². The van der Waals surface area contributed by atoms with Crippen molar-refractivity contribution < 1.29 is 24.2 Å². The molecule has 7 heteroatoms. The predicted octanol–water partition coefficient (Wildman–Crippen LogP) is 3.02. The predicted molar refractivity (Wildman–Crippen MR) is 100 cm³/mol. The molecule has 2 heterocycles. The second-order valence-electron chi connectivity index (χ2n) is 7.50. The van der Waals surface area contributed by atoms with Crippen molar-refractivity contribution in [3.05, 3.63) is 23.8 Å². The lowest BCUT2D eigenvalue weighted by atomic mass is 9.90. The van der Waals surface area contributed by atoms with Gasteiger partial charge in [-0.15, -0.1) is 0 Å². The number of aromatic hydroxyl groups is 1. The molecule has 2 fully saturated rings. The number of carbonyl (C=O) groups is 2. The van der Waals surface area contributed by atoms with Crippen molar-refractivity contribution in [1.29, 1.82) is 0 Å². The molecule has 2 aliphatic rings. The average Bonchev–Trinajstić information content (AvgIpc) is 2.98. The van der Waals surface area contributed by atoms with Crippen molar-refractivity contribution in [3.8, 4) is 11.5 Å². The van der Waals surface area contributed by atoms with Gasteiger partial charge in [0, 0.05) is 37.5 Å². The molecule has 3 rings (SSSR count). The van der Waals surface area contributed by atoms with E-state index in [9.17, 15) is 14.7 Å². The van der Waals surface area contributed by atoms with E-state index in [0.717, 1.165) is 12.8 Å². The maximum absolute atomic E-state index is 12.8. The molecule has 1 N–H and O–H groups in total. The Hall–Kier alpha value is -2.44. The third-order valence-electron chi connectivity index (χ3n) is 5.62. The first-order valence-corrected chi connectivity index (χ1v) is 9.55. The van der Waals surface area contributed by atoms with Gasteiger partial charge < -0.3 is 24.4 Å². The van der Waals surface area contributed by atoms with E-state index in [1.54, 1.807) is 17.0 Å². The Morgan fingerprint density at radius 3 is 2.70 bits per heavy atom. The summed E-state index contributed by atoms with van der Waals surface area (Å²) in [6.07, 6.45) is 3.01. The summed E-state index contributed by atoms with van der Waals surface area (Å²) >= 11 is 0. The van der Waals surface area contributed by atoms with E-state index in [0.29, 0.717) is 38.0 Å². The zero-order chi connectivity index (χ0) is 19.6. The number of rotatable bonds is 5. The SMILES string of the molecule is CCC[C@@H](C)N1CC2(CCN(C(=O)c3ccc(O)c(OC)c3)CC2)OC1=O. The standard InChI is InChI=1S/C20H28N2O5/c1-4-5-14(2)22-13-20(27-19(22)25)8-10-21(11-9-20)18(24)15-6-7-16(23)17(12-15)26-3/h6-7,12,14,23H,4-5,8-11,13H2,1-3H3/t14-/m1/s1. The lowest BCUT2D eigenvalue weighted by Crippen LogP contribution is -2.49. The number of methoxy groups -OCH3 is 1. The lowest BCUT2D eigenvalue weighted by molar-refractivity contribution is 0.00306. The molecular formula is C20H28N2O5. The molecule has 27 heavy (non-hydrogen) atoms. The molecule has 7 nitrogen and oxygen atoms in total. The topological polar surface area (TPSA) is 79.3 Å². The molecular weight excluding hydrogens is 348 g/mol. The van der Waals surface area contributed by atoms with E-state index in [-0.39, 0.29) is 29.5 Å². The second kappa shape index (κ2) is 7.66. The molecule has 1 spiro atoms. The minimum Gasteiger partial charge on any atom is -0.504 e. The molecule has 0 unspecified atom stereocenters. The molecule has 0 bridgehead atoms. The van der Waals surface area contributed by atoms with Crippen LogP contribution < -0.4 is 4.74 Å². The Bertz CT molecular complexity index is 712. The van der Waals surface area contributed by atoms with Crippen LogP contribution in [0.15, 0.2) is 18.2 Å². The van der Waals surface area contributed by atoms with E-state index in [2.05, 4.69) is 13.8 Å². The Morgan fingerprint density at radius 2 is 2.07 bits per heavy atom. The number of hydrogen-bond donors (Lipinski definition) is 1. The summed E-state index contributed by atoms with van der Waals surface area (Å²) in [7, 11) is 1.45. The molecule has 1 atom stereocenters. The van der Waals surface area contributed by atoms with Gasteiger partial charge >= 0.3 is 6.09 Å². The van der Waals surface area contributed by atoms with E-state index < -0.39 is 5.60 Å². The smallest absolute Gasteiger partial charge is 0.410 e. The van der Waals surface area contributed by atoms with Crippen LogP contribution in [-0.4, -0.2) is 65.3 Å². The number of hydrogen-bond acceptors (Lipinski definition) is 5. The number of amides is 2. The van der Waals surface area contributed by atoms with Crippen molar-refractivity contribution in [2.45, 2.75) is 51.2 Å². The van der Waals surface area contributed by atoms with Gasteiger partial charge in [0.15, 0.2) is 11.5 Å². The Morgan fingerprint density at radius 1 is 1.37 bits per heavy atom. The fourth-order valence-corrected chi connectivity index (χ4v) is 3.93. The molecule has 1 aromatic carbocycles. The summed E-state index contributed by atoms with van der Waals surface area (Å²) in [5.74, 6) is 0.175. The number of phenolic OH excluding ortho intramolecular Hbond substituents is 1. The van der Waals surface area contributed by atoms with E-state index in [1.807, 2.05) is 4.90 Å². The minimum absolute atomic E-state index is 0.00538. The van der Waals surface area contributed by atoms with Gasteiger partial charge in [0.25, 0.3) is 5.91 Å². The highest BCUT2D eigenvalue weighted by Gasteiger charge is 2.48. The number of carbonyl (C=O) groups excluding carboxylic acids is 2. The number of phenols is 1. The fourth-order valence-electron chi connectivity index (χ4n) is 3.93. The van der Waals surface area contributed by atoms with Crippen molar-refractivity contribution in [3.63, 3.8) is 0 Å². The van der Waals surface area contributed by atoms with E-state index >= 15 is 0 Å². The summed E-state index contributed by atoms with van der Waals surface area (Å²) in [6.45, 7) is 5.83. The van der Waals surface area contributed by atoms with Crippen LogP contribution in [0.2, 0.25) is 0 Å². The van der Waals surface area contributed by atoms with Gasteiger partial charge in [-0.2, -0.15) is 0 Å². The molecule has 148 valence electrons. The largest absolute Gasteiger partial charge is 0.504 e. The zero-order valence-corrected chi connectivity index (χ0v) is 16.2. The van der Waals surface area contributed by atoms with Gasteiger partial charge in [-0.05, 0) is 31.5 Å². The van der Waals surface area contributed by atoms with Crippen molar-refractivity contribution in [2.24, 2.45) is 0 Å². The number of piperidine rings is 1. The zero-order valence-electron chi connectivity index (χ0n) is 16.2. The summed E-state index contributed by atoms with van der Waals surface area (Å²) < 4.78 is 10.8. The normalized spacial score (nSPS) is 19.9. The average molecular weight is 376 g/mol. The third-order valence-corrected chi connectivity index (χ3v) is 5.62. The second-order valence-corrected chi connectivity index (χ2v) is 7.50. The Kier molecular flexibility index (Phi) is 5.48. The van der Waals surface area contributed by atoms with Crippen LogP contribution in [0.25, 0.3) is 0 Å². The first-order chi connectivity index (χ1) is 12.9. The molecule has 2 amide bonds. The van der Waals surface area contributed by atoms with Crippen LogP contribution in [0.5, 0.6) is 11.5 Å². The number of nitrogens with zero attached hydrogens (tertiary/aromatic N) is 2. The Balaban J connectivity index is 1.63. The highest BCUT2D eigenvalue weighted by atomic mass is 16.6. The van der Waals surface area contributed by atoms with Crippen LogP contribution in [0.4, 0.5) is 4.79 Å². The van der Waals surface area contributed by atoms with Crippen LogP contribution in [0, 0.1) is 0 Å². The molecule has 0 aromatic heterocycles. The molecule has 0 saturated carbocycles. The van der Waals surface area contributed by atoms with Gasteiger partial charge in [-0.1, -0.05) is 13.3 Å². The number of ether oxygens (including phenoxy) is 2. The van der Waals surface area contributed by atoms with Crippen LogP contribution in [0.1, 0.15) is 49.9 Å². The highest BCUT2D eigenvalue weighted by Crippen LogP contribution is 2.35. The maximum atomic E-state index is 12.8. The van der Waals surface area contributed by atoms with Crippen molar-refractivity contribution >= 4 is 12.0 Å². The summed E-state index contributed by atoms with van der Waals surface area (Å²) in [6, 6.07) is 4.77. The van der Waals surface area contributed by atoms with Crippen LogP contribution >= 0.6 is 0 Å². The molecule has 0 radical (unpaired) electrons. The summed E-state index contributed by atoms with van der Waals surface area (Å²) in [5, 5.41) is 9.70. The first kappa shape index (κ1) is 19.3. The van der Waals surface area contributed by atoms with Crippen molar-refractivity contribution in [2.75, 3.05) is 26.7 Å². The highest BCUT2D eigenvalue weighted by molar-refractivity contribution is 5.95. The monoisotopic (exact) mass is 376 g/mol. The molecule has 1 aromatic rings. The third kappa shape index (κ3) is 3.82. The Labute approximate surface area is 159 Å². The number of benzene rings is 1. The van der Waals surface area contributed by atoms with E-state index in [1.165, 1.54) is 13.2 Å². The first-order valence-electron chi connectivity index (χ1n) is 9.55. The van der Waals surface area contributed by atoms with Gasteiger partial charge in [-0.25, -0.2) is 4.79 Å². The van der Waals surface area contributed by atoms with Crippen molar-refractivity contribution in [1.82, 2.24) is 9.80 Å². The molecule has 2 saturated heterocycles. The van der Waals surface area contributed by atoms with Gasteiger partial charge in [0.2, 0.25) is 0 Å². The lowest BCUT2D eigenvalue weighted by Gasteiger charge is -2.37. The molecule has 2 aliphatic heterocycles. The van der Waals surface area contributed by atoms with Gasteiger partial charge in [0.05, 0.1) is 13.7 Å². The summed E-state index contributed by atoms with van der Waals surface area (Å²) in [4.78, 5) is 28.7. The quantitative estimate of drug-likeness (QED) is 0.855. The summed E-state index contributed by atoms with van der Waals surface area (Å²) in [5.41, 5.74) is -0.00935. The van der Waals surface area contributed by atoms with Crippen LogP contribution in [0.3, 0.4) is 0 Å². The molecule has 0 aliphatic carbocycles. The van der Waals surface area contributed by atoms with E-state index in [4.69, 9.17) is 9.47 Å². The van der Waals surface area contributed by atoms with Crippen LogP contribution in [-0.2, 0) is 4.74 Å². The number of likely N-dealkylation sites (tertiary alicyclic amines) is 1. The minimum atomic E-state index is -0.484. The fraction of sp³-hybridized carbons (Fsp3) is 0.600. The maximum Gasteiger partial charge on any atom is 0.410 e. The van der Waals surface area contributed by atoms with Gasteiger partial charge in [-0.3, -0.25) is 4.79 Å².